The van der Waals surface area contributed by atoms with Crippen LogP contribution in [0.25, 0.3) is 0 Å². The molecule has 1 aromatic carbocycles. The molecule has 106 valence electrons. The fourth-order valence-corrected chi connectivity index (χ4v) is 1.97. The summed E-state index contributed by atoms with van der Waals surface area (Å²) in [5.41, 5.74) is 7.02. The molecule has 1 heterocycles. The lowest BCUT2D eigenvalue weighted by Gasteiger charge is -2.19. The van der Waals surface area contributed by atoms with E-state index in [9.17, 15) is 4.39 Å². The summed E-state index contributed by atoms with van der Waals surface area (Å²) in [7, 11) is 3.43. The van der Waals surface area contributed by atoms with Gasteiger partial charge in [0.05, 0.1) is 7.11 Å². The maximum Gasteiger partial charge on any atom is 0.170 e. The van der Waals surface area contributed by atoms with Crippen molar-refractivity contribution < 1.29 is 9.13 Å². The number of rotatable bonds is 5. The van der Waals surface area contributed by atoms with E-state index in [1.165, 1.54) is 0 Å². The van der Waals surface area contributed by atoms with Crippen molar-refractivity contribution in [2.24, 2.45) is 5.73 Å². The summed E-state index contributed by atoms with van der Waals surface area (Å²) in [4.78, 5) is 5.85. The Kier molecular flexibility index (Phi) is 4.53. The van der Waals surface area contributed by atoms with Crippen molar-refractivity contribution in [1.82, 2.24) is 4.98 Å². The number of methoxy groups -OCH3 is 1. The van der Waals surface area contributed by atoms with Crippen LogP contribution in [0.4, 0.5) is 10.2 Å². The van der Waals surface area contributed by atoms with E-state index in [-0.39, 0.29) is 12.4 Å². The maximum atomic E-state index is 14.1. The summed E-state index contributed by atoms with van der Waals surface area (Å²) in [6.45, 7) is 0.722. The van der Waals surface area contributed by atoms with Crippen molar-refractivity contribution in [2.75, 3.05) is 19.1 Å². The van der Waals surface area contributed by atoms with Crippen LogP contribution in [0.3, 0.4) is 0 Å². The van der Waals surface area contributed by atoms with E-state index in [1.54, 1.807) is 31.3 Å². The quantitative estimate of drug-likeness (QED) is 0.910. The lowest BCUT2D eigenvalue weighted by atomic mass is 10.2. The van der Waals surface area contributed by atoms with Crippen LogP contribution in [0, 0.1) is 5.82 Å². The minimum atomic E-state index is -0.356. The zero-order chi connectivity index (χ0) is 14.5. The molecule has 0 aliphatic rings. The number of pyridine rings is 1. The Labute approximate surface area is 118 Å². The Morgan fingerprint density at radius 1 is 1.25 bits per heavy atom. The predicted molar refractivity (Wildman–Crippen MR) is 77.2 cm³/mol. The summed E-state index contributed by atoms with van der Waals surface area (Å²) in [5.74, 6) is 0.751. The molecule has 0 aliphatic carbocycles. The van der Waals surface area contributed by atoms with Gasteiger partial charge >= 0.3 is 0 Å². The molecule has 2 rings (SSSR count). The summed E-state index contributed by atoms with van der Waals surface area (Å²) in [6.07, 6.45) is 1.57. The van der Waals surface area contributed by atoms with Gasteiger partial charge in [0.2, 0.25) is 0 Å². The van der Waals surface area contributed by atoms with E-state index in [1.807, 2.05) is 24.3 Å². The van der Waals surface area contributed by atoms with E-state index in [2.05, 4.69) is 4.98 Å². The molecule has 0 spiro atoms. The van der Waals surface area contributed by atoms with Gasteiger partial charge in [-0.15, -0.1) is 0 Å². The Bertz CT molecular complexity index is 572. The van der Waals surface area contributed by atoms with Gasteiger partial charge in [0.25, 0.3) is 0 Å². The maximum absolute atomic E-state index is 14.1. The average Bonchev–Trinajstić information content (AvgIpc) is 2.48. The molecule has 4 nitrogen and oxygen atoms in total. The molecule has 0 saturated carbocycles. The summed E-state index contributed by atoms with van der Waals surface area (Å²) >= 11 is 0. The van der Waals surface area contributed by atoms with Crippen LogP contribution >= 0.6 is 0 Å². The lowest BCUT2D eigenvalue weighted by Crippen LogP contribution is -2.20. The van der Waals surface area contributed by atoms with Crippen LogP contribution in [-0.4, -0.2) is 19.1 Å². The number of benzene rings is 1. The molecule has 0 amide bonds. The van der Waals surface area contributed by atoms with Crippen molar-refractivity contribution >= 4 is 5.82 Å². The van der Waals surface area contributed by atoms with Gasteiger partial charge in [0, 0.05) is 31.9 Å². The van der Waals surface area contributed by atoms with Gasteiger partial charge in [0.1, 0.15) is 5.75 Å². The molecule has 2 aromatic rings. The highest BCUT2D eigenvalue weighted by Crippen LogP contribution is 2.20. The van der Waals surface area contributed by atoms with Gasteiger partial charge < -0.3 is 15.4 Å². The smallest absolute Gasteiger partial charge is 0.170 e. The van der Waals surface area contributed by atoms with E-state index >= 15 is 0 Å². The van der Waals surface area contributed by atoms with Crippen LogP contribution in [0.2, 0.25) is 0 Å². The zero-order valence-corrected chi connectivity index (χ0v) is 11.6. The van der Waals surface area contributed by atoms with Crippen molar-refractivity contribution in [3.8, 4) is 5.75 Å². The van der Waals surface area contributed by atoms with Crippen molar-refractivity contribution in [2.45, 2.75) is 13.1 Å². The molecule has 5 heteroatoms. The van der Waals surface area contributed by atoms with Gasteiger partial charge in [-0.05, 0) is 23.8 Å². The standard InChI is InChI=1S/C15H18FN3O/c1-19(10-11-3-5-13(20-2)6-4-11)15-14(16)12(9-17)7-8-18-15/h3-8H,9-10,17H2,1-2H3. The second kappa shape index (κ2) is 6.34. The third-order valence-electron chi connectivity index (χ3n) is 3.11. The topological polar surface area (TPSA) is 51.4 Å². The third kappa shape index (κ3) is 3.05. The molecule has 0 atom stereocenters. The first kappa shape index (κ1) is 14.3. The SMILES string of the molecule is COc1ccc(CN(C)c2nccc(CN)c2F)cc1. The van der Waals surface area contributed by atoms with Crippen molar-refractivity contribution in [3.05, 3.63) is 53.5 Å². The number of nitrogens with zero attached hydrogens (tertiary/aromatic N) is 2. The highest BCUT2D eigenvalue weighted by Gasteiger charge is 2.12. The van der Waals surface area contributed by atoms with Crippen LogP contribution in [0.1, 0.15) is 11.1 Å². The second-order valence-electron chi connectivity index (χ2n) is 4.52. The Balaban J connectivity index is 2.16. The molecule has 1 aromatic heterocycles. The van der Waals surface area contributed by atoms with Crippen molar-refractivity contribution in [3.63, 3.8) is 0 Å². The molecule has 0 saturated heterocycles. The number of hydrogen-bond acceptors (Lipinski definition) is 4. The summed E-state index contributed by atoms with van der Waals surface area (Å²) in [5, 5.41) is 0. The van der Waals surface area contributed by atoms with Crippen LogP contribution in [0.5, 0.6) is 5.75 Å². The van der Waals surface area contributed by atoms with Crippen molar-refractivity contribution in [1.29, 1.82) is 0 Å². The zero-order valence-electron chi connectivity index (χ0n) is 11.6. The van der Waals surface area contributed by atoms with E-state index < -0.39 is 0 Å². The number of ether oxygens (including phenoxy) is 1. The number of anilines is 1. The lowest BCUT2D eigenvalue weighted by molar-refractivity contribution is 0.414. The molecule has 0 bridgehead atoms. The normalized spacial score (nSPS) is 10.4. The molecule has 0 fully saturated rings. The van der Waals surface area contributed by atoms with E-state index in [0.717, 1.165) is 11.3 Å². The largest absolute Gasteiger partial charge is 0.497 e. The first-order valence-electron chi connectivity index (χ1n) is 6.33. The molecule has 0 aliphatic heterocycles. The Hall–Kier alpha value is -2.14. The Morgan fingerprint density at radius 2 is 1.95 bits per heavy atom. The molecular weight excluding hydrogens is 257 g/mol. The third-order valence-corrected chi connectivity index (χ3v) is 3.11. The van der Waals surface area contributed by atoms with Gasteiger partial charge in [-0.25, -0.2) is 9.37 Å². The minimum Gasteiger partial charge on any atom is -0.497 e. The Morgan fingerprint density at radius 3 is 2.55 bits per heavy atom. The van der Waals surface area contributed by atoms with Gasteiger partial charge in [-0.1, -0.05) is 12.1 Å². The first-order chi connectivity index (χ1) is 9.65. The second-order valence-corrected chi connectivity index (χ2v) is 4.52. The van der Waals surface area contributed by atoms with E-state index in [4.69, 9.17) is 10.5 Å². The number of aromatic nitrogens is 1. The highest BCUT2D eigenvalue weighted by atomic mass is 19.1. The summed E-state index contributed by atoms with van der Waals surface area (Å²) < 4.78 is 19.2. The molecule has 2 N–H and O–H groups in total. The number of nitrogens with two attached hydrogens (primary N) is 1. The molecule has 0 unspecified atom stereocenters. The molecule has 20 heavy (non-hydrogen) atoms. The number of halogens is 1. The first-order valence-corrected chi connectivity index (χ1v) is 6.33. The fourth-order valence-electron chi connectivity index (χ4n) is 1.97. The van der Waals surface area contributed by atoms with Gasteiger partial charge in [0.15, 0.2) is 11.6 Å². The van der Waals surface area contributed by atoms with Crippen LogP contribution < -0.4 is 15.4 Å². The van der Waals surface area contributed by atoms with E-state index in [0.29, 0.717) is 17.9 Å². The van der Waals surface area contributed by atoms with Gasteiger partial charge in [-0.3, -0.25) is 0 Å². The average molecular weight is 275 g/mol. The fraction of sp³-hybridized carbons (Fsp3) is 0.267. The summed E-state index contributed by atoms with van der Waals surface area (Å²) in [6, 6.07) is 9.24. The predicted octanol–water partition coefficient (Wildman–Crippen LogP) is 2.32. The van der Waals surface area contributed by atoms with Crippen LogP contribution in [-0.2, 0) is 13.1 Å². The number of hydrogen-bond donors (Lipinski definition) is 1. The minimum absolute atomic E-state index is 0.164. The highest BCUT2D eigenvalue weighted by molar-refractivity contribution is 5.43. The molecule has 0 radical (unpaired) electrons. The molecular formula is C15H18FN3O. The van der Waals surface area contributed by atoms with Gasteiger partial charge in [-0.2, -0.15) is 0 Å². The monoisotopic (exact) mass is 275 g/mol. The van der Waals surface area contributed by atoms with Crippen LogP contribution in [0.15, 0.2) is 36.5 Å².